The number of nitrogens with one attached hydrogen (secondary N) is 3. The molecule has 1 aromatic carbocycles. The van der Waals surface area contributed by atoms with Crippen LogP contribution in [0.2, 0.25) is 0 Å². The van der Waals surface area contributed by atoms with Gasteiger partial charge in [0.05, 0.1) is 43.7 Å². The van der Waals surface area contributed by atoms with E-state index in [-0.39, 0.29) is 17.9 Å². The summed E-state index contributed by atoms with van der Waals surface area (Å²) in [6, 6.07) is 7.20. The molecule has 0 fully saturated rings. The van der Waals surface area contributed by atoms with Crippen LogP contribution in [0.4, 0.5) is 0 Å². The number of carbonyl (C=O) groups excluding carboxylic acids is 1. The van der Waals surface area contributed by atoms with E-state index in [9.17, 15) is 9.59 Å². The third kappa shape index (κ3) is 3.92. The van der Waals surface area contributed by atoms with Crippen LogP contribution in [0.15, 0.2) is 29.1 Å². The summed E-state index contributed by atoms with van der Waals surface area (Å²) in [6.45, 7) is 7.95. The molecule has 0 spiro atoms. The maximum Gasteiger partial charge on any atom is 0.272 e. The van der Waals surface area contributed by atoms with Crippen LogP contribution in [0, 0.1) is 0 Å². The van der Waals surface area contributed by atoms with Crippen LogP contribution in [0.3, 0.4) is 0 Å². The van der Waals surface area contributed by atoms with Crippen molar-refractivity contribution in [3.63, 3.8) is 0 Å². The zero-order chi connectivity index (χ0) is 15.9. The van der Waals surface area contributed by atoms with Crippen LogP contribution < -0.4 is 15.8 Å². The van der Waals surface area contributed by atoms with Crippen LogP contribution in [-0.2, 0) is 11.2 Å². The Morgan fingerprint density at radius 2 is 1.91 bits per heavy atom. The first-order valence-corrected chi connectivity index (χ1v) is 7.72. The minimum atomic E-state index is -0.232. The molecule has 6 heteroatoms. The standard InChI is InChI=1S/C16H22N4O2/c1-3-20(4-2)10-9-17-15(21)11-14-12-7-5-6-8-13(12)16(22)19-18-14/h5-8H,3-4,9-11H2,1-2H3,(H,17,21)(H,19,22)/p+1. The van der Waals surface area contributed by atoms with Crippen LogP contribution in [0.25, 0.3) is 10.8 Å². The third-order valence-corrected chi connectivity index (χ3v) is 3.90. The second kappa shape index (κ2) is 7.70. The van der Waals surface area contributed by atoms with Gasteiger partial charge in [-0.25, -0.2) is 5.10 Å². The molecule has 1 aromatic heterocycles. The average molecular weight is 303 g/mol. The second-order valence-electron chi connectivity index (χ2n) is 5.28. The van der Waals surface area contributed by atoms with E-state index < -0.39 is 0 Å². The molecule has 1 amide bonds. The molecule has 0 saturated carbocycles. The van der Waals surface area contributed by atoms with Crippen molar-refractivity contribution >= 4 is 16.7 Å². The van der Waals surface area contributed by atoms with Crippen LogP contribution in [0.1, 0.15) is 19.5 Å². The molecule has 0 unspecified atom stereocenters. The van der Waals surface area contributed by atoms with Gasteiger partial charge >= 0.3 is 0 Å². The largest absolute Gasteiger partial charge is 0.350 e. The number of hydrogen-bond acceptors (Lipinski definition) is 3. The van der Waals surface area contributed by atoms with Gasteiger partial charge in [0.1, 0.15) is 0 Å². The van der Waals surface area contributed by atoms with Gasteiger partial charge in [0.15, 0.2) is 0 Å². The first-order chi connectivity index (χ1) is 10.7. The summed E-state index contributed by atoms with van der Waals surface area (Å²) in [7, 11) is 0. The molecule has 0 radical (unpaired) electrons. The van der Waals surface area contributed by atoms with E-state index in [0.717, 1.165) is 25.0 Å². The summed E-state index contributed by atoms with van der Waals surface area (Å²) in [5.41, 5.74) is 0.368. The van der Waals surface area contributed by atoms with Gasteiger partial charge in [0, 0.05) is 5.39 Å². The van der Waals surface area contributed by atoms with E-state index in [1.165, 1.54) is 4.90 Å². The summed E-state index contributed by atoms with van der Waals surface area (Å²) in [5, 5.41) is 10.7. The number of aromatic amines is 1. The molecule has 3 N–H and O–H groups in total. The SMILES string of the molecule is CC[NH+](CC)CCNC(=O)Cc1n[nH]c(=O)c2ccccc12. The number of quaternary nitrogens is 1. The fourth-order valence-electron chi connectivity index (χ4n) is 2.50. The van der Waals surface area contributed by atoms with Crippen molar-refractivity contribution in [3.8, 4) is 0 Å². The minimum absolute atomic E-state index is 0.0729. The molecule has 1 heterocycles. The average Bonchev–Trinajstić information content (AvgIpc) is 2.54. The lowest BCUT2D eigenvalue weighted by Crippen LogP contribution is -3.12. The van der Waals surface area contributed by atoms with Gasteiger partial charge in [-0.15, -0.1) is 0 Å². The summed E-state index contributed by atoms with van der Waals surface area (Å²) in [6.07, 6.45) is 0.172. The number of aromatic nitrogens is 2. The Balaban J connectivity index is 2.01. The number of H-pyrrole nitrogens is 1. The molecule has 0 bridgehead atoms. The van der Waals surface area contributed by atoms with Crippen molar-refractivity contribution in [2.75, 3.05) is 26.2 Å². The Labute approximate surface area is 129 Å². The second-order valence-corrected chi connectivity index (χ2v) is 5.28. The lowest BCUT2D eigenvalue weighted by molar-refractivity contribution is -0.895. The van der Waals surface area contributed by atoms with Crippen molar-refractivity contribution in [1.82, 2.24) is 15.5 Å². The van der Waals surface area contributed by atoms with Gasteiger partial charge < -0.3 is 10.2 Å². The molecule has 6 nitrogen and oxygen atoms in total. The van der Waals surface area contributed by atoms with Crippen molar-refractivity contribution in [3.05, 3.63) is 40.3 Å². The summed E-state index contributed by atoms with van der Waals surface area (Å²) < 4.78 is 0. The van der Waals surface area contributed by atoms with Crippen molar-refractivity contribution in [2.45, 2.75) is 20.3 Å². The Hall–Kier alpha value is -2.21. The number of amides is 1. The minimum Gasteiger partial charge on any atom is -0.350 e. The fourth-order valence-corrected chi connectivity index (χ4v) is 2.50. The maximum absolute atomic E-state index is 12.0. The molecule has 2 rings (SSSR count). The van der Waals surface area contributed by atoms with E-state index in [2.05, 4.69) is 29.4 Å². The molecule has 118 valence electrons. The predicted octanol–water partition coefficient (Wildman–Crippen LogP) is -0.493. The van der Waals surface area contributed by atoms with Crippen LogP contribution in [0.5, 0.6) is 0 Å². The molecule has 0 atom stereocenters. The van der Waals surface area contributed by atoms with Gasteiger partial charge in [-0.3, -0.25) is 9.59 Å². The summed E-state index contributed by atoms with van der Waals surface area (Å²) in [5.74, 6) is -0.0729. The molecular formula is C16H23N4O2+. The summed E-state index contributed by atoms with van der Waals surface area (Å²) >= 11 is 0. The number of likely N-dealkylation sites (N-methyl/N-ethyl adjacent to an activating group) is 1. The van der Waals surface area contributed by atoms with Crippen molar-refractivity contribution < 1.29 is 9.69 Å². The van der Waals surface area contributed by atoms with Gasteiger partial charge in [0.2, 0.25) is 5.91 Å². The lowest BCUT2D eigenvalue weighted by atomic mass is 10.1. The molecular weight excluding hydrogens is 280 g/mol. The highest BCUT2D eigenvalue weighted by Gasteiger charge is 2.11. The number of carbonyl (C=O) groups is 1. The number of nitrogens with zero attached hydrogens (tertiary/aromatic N) is 1. The van der Waals surface area contributed by atoms with Crippen molar-refractivity contribution in [1.29, 1.82) is 0 Å². The van der Waals surface area contributed by atoms with E-state index in [1.807, 2.05) is 12.1 Å². The smallest absolute Gasteiger partial charge is 0.272 e. The maximum atomic E-state index is 12.0. The molecule has 0 aliphatic rings. The number of hydrogen-bond donors (Lipinski definition) is 3. The normalized spacial score (nSPS) is 11.0. The molecule has 0 aliphatic heterocycles. The first-order valence-electron chi connectivity index (χ1n) is 7.72. The number of rotatable bonds is 7. The fraction of sp³-hybridized carbons (Fsp3) is 0.438. The highest BCUT2D eigenvalue weighted by atomic mass is 16.1. The van der Waals surface area contributed by atoms with Crippen molar-refractivity contribution in [2.24, 2.45) is 0 Å². The number of fused-ring (bicyclic) bond motifs is 1. The van der Waals surface area contributed by atoms with Gasteiger partial charge in [-0.2, -0.15) is 5.10 Å². The van der Waals surface area contributed by atoms with Gasteiger partial charge in [0.25, 0.3) is 5.56 Å². The zero-order valence-corrected chi connectivity index (χ0v) is 13.1. The van der Waals surface area contributed by atoms with E-state index >= 15 is 0 Å². The van der Waals surface area contributed by atoms with E-state index in [1.54, 1.807) is 12.1 Å². The zero-order valence-electron chi connectivity index (χ0n) is 13.1. The quantitative estimate of drug-likeness (QED) is 0.645. The molecule has 22 heavy (non-hydrogen) atoms. The Morgan fingerprint density at radius 1 is 1.23 bits per heavy atom. The topological polar surface area (TPSA) is 79.3 Å². The Bertz CT molecular complexity index is 692. The third-order valence-electron chi connectivity index (χ3n) is 3.90. The predicted molar refractivity (Wildman–Crippen MR) is 86.0 cm³/mol. The van der Waals surface area contributed by atoms with E-state index in [4.69, 9.17) is 0 Å². The number of benzene rings is 1. The molecule has 0 aliphatic carbocycles. The molecule has 2 aromatic rings. The van der Waals surface area contributed by atoms with E-state index in [0.29, 0.717) is 17.6 Å². The summed E-state index contributed by atoms with van der Waals surface area (Å²) in [4.78, 5) is 25.2. The highest BCUT2D eigenvalue weighted by Crippen LogP contribution is 2.12. The Morgan fingerprint density at radius 3 is 2.59 bits per heavy atom. The van der Waals surface area contributed by atoms with Crippen LogP contribution in [-0.4, -0.2) is 42.3 Å². The molecule has 0 saturated heterocycles. The van der Waals surface area contributed by atoms with Gasteiger partial charge in [-0.1, -0.05) is 18.2 Å². The van der Waals surface area contributed by atoms with Crippen LogP contribution >= 0.6 is 0 Å². The highest BCUT2D eigenvalue weighted by molar-refractivity contribution is 5.88. The first kappa shape index (κ1) is 16.2. The van der Waals surface area contributed by atoms with Gasteiger partial charge in [-0.05, 0) is 19.9 Å². The lowest BCUT2D eigenvalue weighted by Gasteiger charge is -2.15. The Kier molecular flexibility index (Phi) is 5.66. The monoisotopic (exact) mass is 303 g/mol.